The summed E-state index contributed by atoms with van der Waals surface area (Å²) in [6.07, 6.45) is 0.488. The molecule has 222 valence electrons. The summed E-state index contributed by atoms with van der Waals surface area (Å²) in [5.41, 5.74) is 6.79. The second kappa shape index (κ2) is 12.9. The van der Waals surface area contributed by atoms with Gasteiger partial charge in [-0.15, -0.1) is 0 Å². The van der Waals surface area contributed by atoms with Gasteiger partial charge in [0, 0.05) is 13.5 Å². The van der Waals surface area contributed by atoms with E-state index >= 15 is 0 Å². The second-order valence-electron chi connectivity index (χ2n) is 9.57. The van der Waals surface area contributed by atoms with Crippen molar-refractivity contribution in [1.29, 1.82) is 0 Å². The van der Waals surface area contributed by atoms with Crippen LogP contribution >= 0.6 is 0 Å². The van der Waals surface area contributed by atoms with Crippen LogP contribution in [0.5, 0.6) is 0 Å². The van der Waals surface area contributed by atoms with Crippen molar-refractivity contribution in [2.24, 2.45) is 0 Å². The molecule has 0 aliphatic rings. The molecule has 2 heterocycles. The Morgan fingerprint density at radius 1 is 1.02 bits per heavy atom. The molecule has 2 aromatic heterocycles. The maximum absolute atomic E-state index is 14.0. The zero-order valence-corrected chi connectivity index (χ0v) is 24.4. The molecule has 0 aliphatic heterocycles. The molecule has 0 saturated heterocycles. The molecule has 0 saturated carbocycles. The number of carbonyl (C=O) groups is 2. The zero-order valence-electron chi connectivity index (χ0n) is 23.6. The van der Waals surface area contributed by atoms with E-state index in [-0.39, 0.29) is 48.3 Å². The van der Waals surface area contributed by atoms with E-state index in [1.807, 2.05) is 36.4 Å². The molecule has 0 fully saturated rings. The highest BCUT2D eigenvalue weighted by Gasteiger charge is 2.33. The van der Waals surface area contributed by atoms with Crippen LogP contribution in [0.3, 0.4) is 0 Å². The third-order valence-electron chi connectivity index (χ3n) is 6.49. The van der Waals surface area contributed by atoms with Gasteiger partial charge >= 0.3 is 17.7 Å². The van der Waals surface area contributed by atoms with Crippen molar-refractivity contribution in [3.05, 3.63) is 82.3 Å². The minimum Gasteiger partial charge on any atom is -0.464 e. The van der Waals surface area contributed by atoms with Crippen molar-refractivity contribution in [2.45, 2.75) is 39.3 Å². The molecule has 1 unspecified atom stereocenters. The van der Waals surface area contributed by atoms with Gasteiger partial charge in [-0.3, -0.25) is 9.29 Å². The number of anilines is 2. The Bertz CT molecular complexity index is 1740. The van der Waals surface area contributed by atoms with Crippen LogP contribution < -0.4 is 16.1 Å². The van der Waals surface area contributed by atoms with Gasteiger partial charge in [0.2, 0.25) is 16.0 Å². The van der Waals surface area contributed by atoms with E-state index in [2.05, 4.69) is 14.7 Å². The second-order valence-corrected chi connectivity index (χ2v) is 11.4. The van der Waals surface area contributed by atoms with Gasteiger partial charge in [-0.2, -0.15) is 9.97 Å². The number of imidazole rings is 1. The smallest absolute Gasteiger partial charge is 0.339 e. The number of nitrogen functional groups attached to an aromatic ring is 1. The fourth-order valence-electron chi connectivity index (χ4n) is 4.51. The summed E-state index contributed by atoms with van der Waals surface area (Å²) in [5.74, 6) is -1.45. The fraction of sp³-hybridized carbons (Fsp3) is 0.321. The Labute approximate surface area is 243 Å². The van der Waals surface area contributed by atoms with E-state index in [9.17, 15) is 22.8 Å². The monoisotopic (exact) mass is 595 g/mol. The number of nitrogens with zero attached hydrogens (tertiary/aromatic N) is 5. The summed E-state index contributed by atoms with van der Waals surface area (Å²) < 4.78 is 34.4. The molecule has 1 atom stereocenters. The molecule has 42 heavy (non-hydrogen) atoms. The molecule has 1 amide bonds. The quantitative estimate of drug-likeness (QED) is 0.247. The Balaban J connectivity index is 1.85. The number of hydrogen-bond donors (Lipinski definition) is 2. The number of nitrogens with two attached hydrogens (primary N) is 1. The molecule has 0 spiro atoms. The lowest BCUT2D eigenvalue weighted by atomic mass is 10.1. The molecule has 2 aromatic carbocycles. The molecule has 0 radical (unpaired) electrons. The summed E-state index contributed by atoms with van der Waals surface area (Å²) in [6.45, 7) is 3.47. The van der Waals surface area contributed by atoms with Crippen LogP contribution in [0.15, 0.2) is 65.5 Å². The summed E-state index contributed by atoms with van der Waals surface area (Å²) >= 11 is 0. The zero-order chi connectivity index (χ0) is 30.4. The topological polar surface area (TPSA) is 172 Å². The van der Waals surface area contributed by atoms with Crippen LogP contribution in [-0.2, 0) is 32.5 Å². The first kappa shape index (κ1) is 30.2. The first-order valence-corrected chi connectivity index (χ1v) is 15.0. The van der Waals surface area contributed by atoms with Gasteiger partial charge in [-0.25, -0.2) is 27.4 Å². The largest absolute Gasteiger partial charge is 0.464 e. The Hall–Kier alpha value is -4.72. The number of esters is 1. The van der Waals surface area contributed by atoms with Gasteiger partial charge in [0.15, 0.2) is 11.5 Å². The summed E-state index contributed by atoms with van der Waals surface area (Å²) in [4.78, 5) is 50.3. The number of carbonyl (C=O) groups excluding carboxylic acids is 2. The van der Waals surface area contributed by atoms with Crippen molar-refractivity contribution in [1.82, 2.24) is 24.0 Å². The lowest BCUT2D eigenvalue weighted by molar-refractivity contribution is -0.148. The van der Waals surface area contributed by atoms with E-state index in [1.54, 1.807) is 38.1 Å². The Morgan fingerprint density at radius 2 is 1.64 bits per heavy atom. The maximum atomic E-state index is 14.0. The number of nitrogens with one attached hydrogen (secondary N) is 1. The van der Waals surface area contributed by atoms with E-state index in [4.69, 9.17) is 10.5 Å². The average Bonchev–Trinajstić information content (AvgIpc) is 3.23. The fourth-order valence-corrected chi connectivity index (χ4v) is 5.51. The molecule has 13 nitrogen and oxygen atoms in total. The number of ether oxygens (including phenoxy) is 1. The van der Waals surface area contributed by atoms with Crippen molar-refractivity contribution in [3.63, 3.8) is 0 Å². The van der Waals surface area contributed by atoms with Crippen molar-refractivity contribution in [2.75, 3.05) is 29.9 Å². The number of fused-ring (bicyclic) bond motifs is 1. The highest BCUT2D eigenvalue weighted by Crippen LogP contribution is 2.22. The number of benzene rings is 2. The number of amides is 1. The number of hydrogen-bond acceptors (Lipinski definition) is 9. The molecular formula is C28H33N7O6S. The summed E-state index contributed by atoms with van der Waals surface area (Å²) in [7, 11) is -2.39. The van der Waals surface area contributed by atoms with E-state index in [0.717, 1.165) is 20.6 Å². The van der Waals surface area contributed by atoms with Crippen molar-refractivity contribution in [3.8, 4) is 0 Å². The highest BCUT2D eigenvalue weighted by atomic mass is 32.2. The number of likely N-dealkylation sites (N-methyl/N-ethyl adjacent to an activating group) is 1. The van der Waals surface area contributed by atoms with E-state index in [0.29, 0.717) is 6.42 Å². The lowest BCUT2D eigenvalue weighted by Crippen LogP contribution is -2.48. The summed E-state index contributed by atoms with van der Waals surface area (Å²) in [5, 5.41) is 0. The minimum atomic E-state index is -3.78. The van der Waals surface area contributed by atoms with Crippen LogP contribution in [0.2, 0.25) is 0 Å². The lowest BCUT2D eigenvalue weighted by Gasteiger charge is -2.26. The van der Waals surface area contributed by atoms with E-state index in [1.165, 1.54) is 11.6 Å². The van der Waals surface area contributed by atoms with Crippen molar-refractivity contribution < 1.29 is 22.7 Å². The average molecular weight is 596 g/mol. The minimum absolute atomic E-state index is 0.00307. The first-order chi connectivity index (χ1) is 20.1. The number of sulfonamides is 1. The normalized spacial score (nSPS) is 12.2. The Morgan fingerprint density at radius 3 is 2.24 bits per heavy atom. The van der Waals surface area contributed by atoms with Gasteiger partial charge in [-0.05, 0) is 24.5 Å². The van der Waals surface area contributed by atoms with Crippen LogP contribution in [-0.4, -0.2) is 69.9 Å². The van der Waals surface area contributed by atoms with E-state index < -0.39 is 33.8 Å². The molecule has 0 bridgehead atoms. The molecule has 14 heteroatoms. The predicted molar refractivity (Wildman–Crippen MR) is 159 cm³/mol. The third kappa shape index (κ3) is 6.60. The SMILES string of the molecule is CCCS(=O)(=O)Nc1nc(N)c2c(n1)n(Cc1ccccc1)c(=O)n2C(=O)N(C)C(Cc1ccccc1)C(=O)OCC. The van der Waals surface area contributed by atoms with Crippen molar-refractivity contribution >= 4 is 45.0 Å². The molecular weight excluding hydrogens is 562 g/mol. The van der Waals surface area contributed by atoms with Gasteiger partial charge in [0.1, 0.15) is 11.6 Å². The Kier molecular flexibility index (Phi) is 9.25. The highest BCUT2D eigenvalue weighted by molar-refractivity contribution is 7.92. The number of aromatic nitrogens is 4. The first-order valence-electron chi connectivity index (χ1n) is 13.4. The number of rotatable bonds is 11. The molecule has 4 aromatic rings. The van der Waals surface area contributed by atoms with Gasteiger partial charge in [0.25, 0.3) is 0 Å². The van der Waals surface area contributed by atoms with Crippen LogP contribution in [0.1, 0.15) is 31.4 Å². The van der Waals surface area contributed by atoms with Crippen LogP contribution in [0.4, 0.5) is 16.6 Å². The maximum Gasteiger partial charge on any atom is 0.339 e. The van der Waals surface area contributed by atoms with Crippen LogP contribution in [0.25, 0.3) is 11.2 Å². The van der Waals surface area contributed by atoms with Crippen LogP contribution in [0, 0.1) is 0 Å². The van der Waals surface area contributed by atoms with Gasteiger partial charge in [-0.1, -0.05) is 67.6 Å². The predicted octanol–water partition coefficient (Wildman–Crippen LogP) is 2.45. The standard InChI is InChI=1S/C28H33N7O6S/c1-4-16-42(39,40)32-26-30-23(29)22-24(31-26)34(18-20-14-10-7-11-15-20)28(38)35(22)27(37)33(3)21(25(36)41-5-2)17-19-12-8-6-9-13-19/h6-15,21H,4-5,16-18H2,1-3H3,(H3,29,30,31,32). The molecule has 0 aliphatic carbocycles. The third-order valence-corrected chi connectivity index (χ3v) is 7.93. The van der Waals surface area contributed by atoms with Gasteiger partial charge < -0.3 is 15.4 Å². The van der Waals surface area contributed by atoms with Gasteiger partial charge in [0.05, 0.1) is 18.9 Å². The molecule has 4 rings (SSSR count). The summed E-state index contributed by atoms with van der Waals surface area (Å²) in [6, 6.07) is 16.1. The molecule has 3 N–H and O–H groups in total.